The van der Waals surface area contributed by atoms with Crippen LogP contribution in [0.25, 0.3) is 0 Å². The minimum absolute atomic E-state index is 0.0637. The number of hydrogen-bond acceptors (Lipinski definition) is 3. The Morgan fingerprint density at radius 3 is 2.44 bits per heavy atom. The minimum atomic E-state index is 0.0637. The van der Waals surface area contributed by atoms with E-state index >= 15 is 0 Å². The molecule has 142 valence electrons. The molecule has 2 aliphatic rings. The summed E-state index contributed by atoms with van der Waals surface area (Å²) in [5.41, 5.74) is 1.30. The summed E-state index contributed by atoms with van der Waals surface area (Å²) in [5, 5.41) is 1.93. The molecule has 0 radical (unpaired) electrons. The highest BCUT2D eigenvalue weighted by Gasteiger charge is 2.35. The molecule has 1 unspecified atom stereocenters. The van der Waals surface area contributed by atoms with Gasteiger partial charge in [0.25, 0.3) is 5.91 Å². The zero-order valence-electron chi connectivity index (χ0n) is 15.5. The molecule has 27 heavy (non-hydrogen) atoms. The van der Waals surface area contributed by atoms with Crippen molar-refractivity contribution in [2.24, 2.45) is 5.92 Å². The number of rotatable bonds is 4. The lowest BCUT2D eigenvalue weighted by Crippen LogP contribution is -2.46. The van der Waals surface area contributed by atoms with Crippen molar-refractivity contribution in [2.45, 2.75) is 38.1 Å². The Kier molecular flexibility index (Phi) is 5.58. The number of amides is 2. The van der Waals surface area contributed by atoms with Gasteiger partial charge in [-0.15, -0.1) is 11.3 Å². The van der Waals surface area contributed by atoms with Gasteiger partial charge in [0, 0.05) is 31.6 Å². The van der Waals surface area contributed by atoms with Crippen LogP contribution < -0.4 is 0 Å². The first-order valence-corrected chi connectivity index (χ1v) is 10.8. The second-order valence-electron chi connectivity index (χ2n) is 7.56. The van der Waals surface area contributed by atoms with Crippen molar-refractivity contribution in [3.05, 3.63) is 58.3 Å². The summed E-state index contributed by atoms with van der Waals surface area (Å²) in [6.45, 7) is 2.25. The van der Waals surface area contributed by atoms with Crippen LogP contribution in [0.5, 0.6) is 0 Å². The summed E-state index contributed by atoms with van der Waals surface area (Å²) in [6, 6.07) is 14.6. The lowest BCUT2D eigenvalue weighted by atomic mass is 9.94. The van der Waals surface area contributed by atoms with Gasteiger partial charge in [-0.05, 0) is 49.1 Å². The molecule has 0 bridgehead atoms. The molecule has 1 aromatic carbocycles. The fourth-order valence-electron chi connectivity index (χ4n) is 4.34. The van der Waals surface area contributed by atoms with Crippen molar-refractivity contribution in [1.82, 2.24) is 9.80 Å². The van der Waals surface area contributed by atoms with Gasteiger partial charge in [0.15, 0.2) is 0 Å². The van der Waals surface area contributed by atoms with Crippen molar-refractivity contribution in [1.29, 1.82) is 0 Å². The third-order valence-corrected chi connectivity index (χ3v) is 6.70. The molecule has 3 heterocycles. The molecule has 0 aliphatic carbocycles. The maximum atomic E-state index is 13.1. The molecular formula is C22H26N2O2S. The fraction of sp³-hybridized carbons (Fsp3) is 0.455. The van der Waals surface area contributed by atoms with Crippen molar-refractivity contribution < 1.29 is 9.59 Å². The van der Waals surface area contributed by atoms with E-state index in [4.69, 9.17) is 0 Å². The van der Waals surface area contributed by atoms with E-state index in [0.717, 1.165) is 43.5 Å². The van der Waals surface area contributed by atoms with Crippen LogP contribution in [0.1, 0.15) is 40.9 Å². The summed E-state index contributed by atoms with van der Waals surface area (Å²) in [6.07, 6.45) is 4.70. The smallest absolute Gasteiger partial charge is 0.263 e. The van der Waals surface area contributed by atoms with Crippen molar-refractivity contribution in [3.8, 4) is 0 Å². The number of nitrogens with zero attached hydrogens (tertiary/aromatic N) is 2. The van der Waals surface area contributed by atoms with Gasteiger partial charge in [-0.25, -0.2) is 0 Å². The Bertz CT molecular complexity index is 767. The maximum Gasteiger partial charge on any atom is 0.263 e. The van der Waals surface area contributed by atoms with Crippen LogP contribution in [0.15, 0.2) is 47.8 Å². The van der Waals surface area contributed by atoms with Gasteiger partial charge < -0.3 is 9.80 Å². The van der Waals surface area contributed by atoms with Gasteiger partial charge >= 0.3 is 0 Å². The number of piperidine rings is 1. The van der Waals surface area contributed by atoms with Gasteiger partial charge in [0.05, 0.1) is 4.88 Å². The molecule has 4 rings (SSSR count). The van der Waals surface area contributed by atoms with Crippen molar-refractivity contribution >= 4 is 23.2 Å². The van der Waals surface area contributed by atoms with Gasteiger partial charge in [-0.1, -0.05) is 36.4 Å². The Labute approximate surface area is 164 Å². The third kappa shape index (κ3) is 4.08. The average molecular weight is 383 g/mol. The SMILES string of the molecule is O=C(c1cccs1)N1CCC(C(=O)N2CCCC2Cc2ccccc2)CC1. The molecule has 2 fully saturated rings. The second-order valence-corrected chi connectivity index (χ2v) is 8.51. The van der Waals surface area contributed by atoms with E-state index in [-0.39, 0.29) is 11.8 Å². The first-order valence-electron chi connectivity index (χ1n) is 9.89. The fourth-order valence-corrected chi connectivity index (χ4v) is 5.04. The zero-order valence-corrected chi connectivity index (χ0v) is 16.4. The molecule has 1 aromatic heterocycles. The first-order chi connectivity index (χ1) is 13.2. The van der Waals surface area contributed by atoms with E-state index in [1.54, 1.807) is 0 Å². The summed E-state index contributed by atoms with van der Waals surface area (Å²) < 4.78 is 0. The number of carbonyl (C=O) groups excluding carboxylic acids is 2. The predicted molar refractivity (Wildman–Crippen MR) is 108 cm³/mol. The topological polar surface area (TPSA) is 40.6 Å². The van der Waals surface area contributed by atoms with E-state index in [0.29, 0.717) is 25.0 Å². The number of likely N-dealkylation sites (tertiary alicyclic amines) is 2. The molecule has 0 saturated carbocycles. The molecule has 0 spiro atoms. The summed E-state index contributed by atoms with van der Waals surface area (Å²) >= 11 is 1.49. The average Bonchev–Trinajstić information content (AvgIpc) is 3.40. The van der Waals surface area contributed by atoms with Crippen LogP contribution in [-0.2, 0) is 11.2 Å². The quantitative estimate of drug-likeness (QED) is 0.806. The van der Waals surface area contributed by atoms with Crippen molar-refractivity contribution in [2.75, 3.05) is 19.6 Å². The highest BCUT2D eigenvalue weighted by Crippen LogP contribution is 2.28. The molecule has 4 nitrogen and oxygen atoms in total. The molecule has 0 N–H and O–H groups in total. The second kappa shape index (κ2) is 8.26. The molecule has 1 atom stereocenters. The van der Waals surface area contributed by atoms with E-state index in [1.807, 2.05) is 28.5 Å². The minimum Gasteiger partial charge on any atom is -0.339 e. The number of benzene rings is 1. The van der Waals surface area contributed by atoms with Gasteiger partial charge in [0.2, 0.25) is 5.91 Å². The largest absolute Gasteiger partial charge is 0.339 e. The summed E-state index contributed by atoms with van der Waals surface area (Å²) in [5.74, 6) is 0.476. The van der Waals surface area contributed by atoms with Gasteiger partial charge in [-0.3, -0.25) is 9.59 Å². The maximum absolute atomic E-state index is 13.1. The molecule has 5 heteroatoms. The number of thiophene rings is 1. The molecule has 2 aromatic rings. The van der Waals surface area contributed by atoms with E-state index < -0.39 is 0 Å². The van der Waals surface area contributed by atoms with Crippen LogP contribution in [0, 0.1) is 5.92 Å². The lowest BCUT2D eigenvalue weighted by molar-refractivity contribution is -0.137. The summed E-state index contributed by atoms with van der Waals surface area (Å²) in [4.78, 5) is 30.4. The predicted octanol–water partition coefficient (Wildman–Crippen LogP) is 3.83. The molecular weight excluding hydrogens is 356 g/mol. The zero-order chi connectivity index (χ0) is 18.6. The van der Waals surface area contributed by atoms with Crippen LogP contribution in [0.2, 0.25) is 0 Å². The Morgan fingerprint density at radius 1 is 0.963 bits per heavy atom. The normalized spacial score (nSPS) is 20.8. The highest BCUT2D eigenvalue weighted by molar-refractivity contribution is 7.12. The molecule has 2 amide bonds. The molecule has 2 saturated heterocycles. The van der Waals surface area contributed by atoms with E-state index in [9.17, 15) is 9.59 Å². The van der Waals surface area contributed by atoms with Crippen molar-refractivity contribution in [3.63, 3.8) is 0 Å². The van der Waals surface area contributed by atoms with E-state index in [1.165, 1.54) is 16.9 Å². The Balaban J connectivity index is 1.34. The Morgan fingerprint density at radius 2 is 1.74 bits per heavy atom. The third-order valence-electron chi connectivity index (χ3n) is 5.84. The van der Waals surface area contributed by atoms with Crippen LogP contribution in [0.4, 0.5) is 0 Å². The van der Waals surface area contributed by atoms with Crippen LogP contribution in [0.3, 0.4) is 0 Å². The van der Waals surface area contributed by atoms with Gasteiger partial charge in [-0.2, -0.15) is 0 Å². The highest BCUT2D eigenvalue weighted by atomic mass is 32.1. The molecule has 2 aliphatic heterocycles. The Hall–Kier alpha value is -2.14. The summed E-state index contributed by atoms with van der Waals surface area (Å²) in [7, 11) is 0. The number of carbonyl (C=O) groups is 2. The van der Waals surface area contributed by atoms with Crippen LogP contribution in [-0.4, -0.2) is 47.3 Å². The lowest BCUT2D eigenvalue weighted by Gasteiger charge is -2.35. The van der Waals surface area contributed by atoms with Gasteiger partial charge in [0.1, 0.15) is 0 Å². The van der Waals surface area contributed by atoms with Crippen LogP contribution >= 0.6 is 11.3 Å². The monoisotopic (exact) mass is 382 g/mol. The number of hydrogen-bond donors (Lipinski definition) is 0. The van der Waals surface area contributed by atoms with E-state index in [2.05, 4.69) is 29.2 Å². The standard InChI is InChI=1S/C22H26N2O2S/c25-21(24-12-4-8-19(24)16-17-6-2-1-3-7-17)18-10-13-23(14-11-18)22(26)20-9-5-15-27-20/h1-3,5-7,9,15,18-19H,4,8,10-14,16H2. The first kappa shape index (κ1) is 18.2.